The van der Waals surface area contributed by atoms with Crippen molar-refractivity contribution >= 4 is 57.0 Å². The van der Waals surface area contributed by atoms with Crippen LogP contribution in [-0.4, -0.2) is 42.4 Å². The first-order chi connectivity index (χ1) is 11.1. The van der Waals surface area contributed by atoms with Crippen LogP contribution in [0.1, 0.15) is 41.0 Å². The van der Waals surface area contributed by atoms with Gasteiger partial charge >= 0.3 is 16.3 Å². The molecule has 0 heterocycles. The van der Waals surface area contributed by atoms with Gasteiger partial charge in [-0.1, -0.05) is 55.1 Å². The van der Waals surface area contributed by atoms with Crippen molar-refractivity contribution in [1.29, 1.82) is 0 Å². The van der Waals surface area contributed by atoms with Crippen molar-refractivity contribution in [3.8, 4) is 0 Å². The first-order valence-electron chi connectivity index (χ1n) is 7.36. The Bertz CT molecular complexity index is 585. The average molecular weight is 441 g/mol. The number of carbonyl (C=O) groups is 1. The van der Waals surface area contributed by atoms with E-state index in [2.05, 4.69) is 9.18 Å². The predicted molar refractivity (Wildman–Crippen MR) is 99.0 cm³/mol. The Labute approximate surface area is 163 Å². The summed E-state index contributed by atoms with van der Waals surface area (Å²) in [6, 6.07) is -0.986. The van der Waals surface area contributed by atoms with E-state index in [4.69, 9.17) is 45.3 Å². The van der Waals surface area contributed by atoms with E-state index >= 15 is 0 Å². The summed E-state index contributed by atoms with van der Waals surface area (Å²) >= 11 is 16.2. The van der Waals surface area contributed by atoms with Gasteiger partial charge in [-0.05, 0) is 26.7 Å². The Hall–Kier alpha value is -0.480. The highest BCUT2D eigenvalue weighted by molar-refractivity contribution is 7.85. The van der Waals surface area contributed by atoms with Crippen molar-refractivity contribution in [2.75, 3.05) is 6.61 Å². The molecular weight excluding hydrogens is 417 g/mol. The average Bonchev–Trinajstić information content (AvgIpc) is 2.38. The lowest BCUT2D eigenvalue weighted by Crippen LogP contribution is -2.42. The van der Waals surface area contributed by atoms with Gasteiger partial charge in [-0.2, -0.15) is 8.42 Å². The van der Waals surface area contributed by atoms with Gasteiger partial charge in [-0.25, -0.2) is 18.7 Å². The van der Waals surface area contributed by atoms with E-state index in [-0.39, 0.29) is 5.92 Å². The number of carbonyl (C=O) groups excluding carboxylic acids is 1. The molecule has 0 spiro atoms. The van der Waals surface area contributed by atoms with Crippen molar-refractivity contribution in [3.63, 3.8) is 0 Å². The zero-order valence-electron chi connectivity index (χ0n) is 14.7. The van der Waals surface area contributed by atoms with Crippen LogP contribution in [-0.2, 0) is 24.0 Å². The Kier molecular flexibility index (Phi) is 9.27. The quantitative estimate of drug-likeness (QED) is 0.271. The molecule has 2 atom stereocenters. The van der Waals surface area contributed by atoms with E-state index in [9.17, 15) is 13.2 Å². The number of nitrogens with two attached hydrogens (primary N) is 1. The Morgan fingerprint density at radius 3 is 2.20 bits per heavy atom. The molecule has 0 fully saturated rings. The number of nitrogens with one attached hydrogen (secondary N) is 1. The zero-order chi connectivity index (χ0) is 20.1. The molecule has 148 valence electrons. The Balaban J connectivity index is 5.21. The molecule has 0 saturated heterocycles. The van der Waals surface area contributed by atoms with Crippen molar-refractivity contribution in [2.24, 2.45) is 16.6 Å². The molecule has 0 aliphatic rings. The van der Waals surface area contributed by atoms with Crippen LogP contribution in [0.4, 0.5) is 0 Å². The molecule has 25 heavy (non-hydrogen) atoms. The highest BCUT2D eigenvalue weighted by Crippen LogP contribution is 2.26. The molecule has 3 N–H and O–H groups in total. The topological polar surface area (TPSA) is 120 Å². The summed E-state index contributed by atoms with van der Waals surface area (Å²) in [4.78, 5) is 16.2. The second-order valence-electron chi connectivity index (χ2n) is 6.31. The number of hydrogen-bond donors (Lipinski definition) is 2. The van der Waals surface area contributed by atoms with Gasteiger partial charge in [0, 0.05) is 0 Å². The number of guanidine groups is 1. The van der Waals surface area contributed by atoms with E-state index in [1.54, 1.807) is 27.7 Å². The maximum absolute atomic E-state index is 12.3. The minimum Gasteiger partial charge on any atom is -0.458 e. The predicted octanol–water partition coefficient (Wildman–Crippen LogP) is 2.28. The molecule has 0 aliphatic carbocycles. The van der Waals surface area contributed by atoms with Gasteiger partial charge in [-0.15, -0.1) is 0 Å². The summed E-state index contributed by atoms with van der Waals surface area (Å²) in [5.74, 6) is -1.40. The zero-order valence-corrected chi connectivity index (χ0v) is 17.8. The van der Waals surface area contributed by atoms with Gasteiger partial charge in [0.15, 0.2) is 6.04 Å². The van der Waals surface area contributed by atoms with Crippen LogP contribution in [0.2, 0.25) is 0 Å². The van der Waals surface area contributed by atoms with Crippen LogP contribution < -0.4 is 10.5 Å². The molecule has 0 aromatic carbocycles. The molecule has 0 aliphatic heterocycles. The molecule has 0 unspecified atom stereocenters. The fourth-order valence-electron chi connectivity index (χ4n) is 1.48. The smallest absolute Gasteiger partial charge is 0.362 e. The van der Waals surface area contributed by atoms with Gasteiger partial charge in [-0.3, -0.25) is 0 Å². The molecule has 0 amide bonds. The first-order valence-corrected chi connectivity index (χ1v) is 9.90. The molecule has 0 rings (SSSR count). The molecule has 0 aromatic heterocycles. The number of nitrogens with zero attached hydrogens (tertiary/aromatic N) is 1. The third-order valence-corrected chi connectivity index (χ3v) is 3.93. The summed E-state index contributed by atoms with van der Waals surface area (Å²) in [5, 5.41) is 0. The van der Waals surface area contributed by atoms with E-state index in [0.717, 1.165) is 0 Å². The van der Waals surface area contributed by atoms with E-state index in [0.29, 0.717) is 6.42 Å². The second kappa shape index (κ2) is 9.45. The summed E-state index contributed by atoms with van der Waals surface area (Å²) in [5.41, 5.74) is 4.84. The molecular formula is C13H24Cl3N3O5S. The number of hydrogen-bond acceptors (Lipinski definition) is 6. The maximum atomic E-state index is 12.3. The van der Waals surface area contributed by atoms with Gasteiger partial charge in [0.25, 0.3) is 0 Å². The van der Waals surface area contributed by atoms with Crippen molar-refractivity contribution < 1.29 is 22.1 Å². The minimum atomic E-state index is -4.36. The summed E-state index contributed by atoms with van der Waals surface area (Å²) < 4.78 is 33.1. The lowest BCUT2D eigenvalue weighted by Gasteiger charge is -2.25. The van der Waals surface area contributed by atoms with Crippen molar-refractivity contribution in [3.05, 3.63) is 0 Å². The lowest BCUT2D eigenvalue weighted by molar-refractivity contribution is -0.157. The van der Waals surface area contributed by atoms with Crippen LogP contribution in [0.15, 0.2) is 4.99 Å². The number of esters is 1. The van der Waals surface area contributed by atoms with Gasteiger partial charge in [0.1, 0.15) is 12.2 Å². The lowest BCUT2D eigenvalue weighted by atomic mass is 9.99. The fraction of sp³-hybridized carbons (Fsp3) is 0.846. The number of alkyl halides is 3. The number of halogens is 3. The number of ether oxygens (including phenoxy) is 1. The van der Waals surface area contributed by atoms with Crippen LogP contribution in [0.3, 0.4) is 0 Å². The van der Waals surface area contributed by atoms with Crippen LogP contribution in [0.25, 0.3) is 0 Å². The van der Waals surface area contributed by atoms with Crippen molar-refractivity contribution in [1.82, 2.24) is 4.72 Å². The highest BCUT2D eigenvalue weighted by Gasteiger charge is 2.30. The second-order valence-corrected chi connectivity index (χ2v) is 10.2. The van der Waals surface area contributed by atoms with Crippen molar-refractivity contribution in [2.45, 2.75) is 56.5 Å². The molecule has 12 heteroatoms. The third kappa shape index (κ3) is 11.7. The molecule has 0 radical (unpaired) electrons. The SMILES string of the molecule is CC[C@@H](C)[C@H](N=C(N)NS(=O)(=O)OCC(Cl)(Cl)Cl)C(=O)OC(C)(C)C. The largest absolute Gasteiger partial charge is 0.458 e. The minimum absolute atomic E-state index is 0.236. The van der Waals surface area contributed by atoms with Crippen LogP contribution >= 0.6 is 34.8 Å². The summed E-state index contributed by atoms with van der Waals surface area (Å²) in [6.45, 7) is 8.01. The van der Waals surface area contributed by atoms with Crippen LogP contribution in [0, 0.1) is 5.92 Å². The van der Waals surface area contributed by atoms with Gasteiger partial charge < -0.3 is 10.5 Å². The highest BCUT2D eigenvalue weighted by atomic mass is 35.6. The Morgan fingerprint density at radius 2 is 1.80 bits per heavy atom. The standard InChI is InChI=1S/C13H24Cl3N3O5S/c1-6-8(2)9(10(20)24-12(3,4)5)18-11(17)19-25(21,22)23-7-13(14,15)16/h8-9H,6-7H2,1-5H3,(H3,17,18,19)/t8-,9+/m1/s1. The monoisotopic (exact) mass is 439 g/mol. The fourth-order valence-corrected chi connectivity index (χ4v) is 2.53. The third-order valence-electron chi connectivity index (χ3n) is 2.72. The van der Waals surface area contributed by atoms with Gasteiger partial charge in [0.2, 0.25) is 9.75 Å². The van der Waals surface area contributed by atoms with E-state index in [1.807, 2.05) is 11.6 Å². The molecule has 0 aromatic rings. The normalized spacial score (nSPS) is 16.2. The molecule has 8 nitrogen and oxygen atoms in total. The van der Waals surface area contributed by atoms with Crippen LogP contribution in [0.5, 0.6) is 0 Å². The maximum Gasteiger partial charge on any atom is 0.362 e. The summed E-state index contributed by atoms with van der Waals surface area (Å²) in [7, 11) is -4.36. The van der Waals surface area contributed by atoms with E-state index < -0.39 is 44.3 Å². The number of rotatable bonds is 7. The van der Waals surface area contributed by atoms with E-state index in [1.165, 1.54) is 0 Å². The molecule has 0 saturated carbocycles. The molecule has 0 bridgehead atoms. The number of aliphatic imine (C=N–C) groups is 1. The van der Waals surface area contributed by atoms with Gasteiger partial charge in [0.05, 0.1) is 0 Å². The Morgan fingerprint density at radius 1 is 1.28 bits per heavy atom. The first kappa shape index (κ1) is 24.5. The summed E-state index contributed by atoms with van der Waals surface area (Å²) in [6.07, 6.45) is 0.594.